The number of thioether (sulfide) groups is 1. The average Bonchev–Trinajstić information content (AvgIpc) is 1.82. The number of likely N-dealkylation sites (tertiary alicyclic amines) is 1. The summed E-state index contributed by atoms with van der Waals surface area (Å²) >= 11 is 1.53. The van der Waals surface area contributed by atoms with Crippen LogP contribution in [0, 0.1) is 47.3 Å². The molecule has 524 valence electrons. The predicted molar refractivity (Wildman–Crippen MR) is 372 cm³/mol. The van der Waals surface area contributed by atoms with Crippen LogP contribution in [0.15, 0.2) is 78.2 Å². The van der Waals surface area contributed by atoms with Crippen molar-refractivity contribution >= 4 is 81.4 Å². The van der Waals surface area contributed by atoms with Crippen molar-refractivity contribution in [2.75, 3.05) is 60.0 Å². The lowest BCUT2D eigenvalue weighted by molar-refractivity contribution is -0.149. The molecule has 0 radical (unpaired) electrons. The highest BCUT2D eigenvalue weighted by Crippen LogP contribution is 2.33. The number of carbonyl (C=O) groups excluding carboxylic acids is 9. The Hall–Kier alpha value is -7.08. The fourth-order valence-electron chi connectivity index (χ4n) is 13.5. The molecule has 6 N–H and O–H groups in total. The number of hydrogen-bond donors (Lipinski definition) is 5. The molecule has 7 amide bonds. The maximum Gasteiger partial charge on any atom is 0.312 e. The summed E-state index contributed by atoms with van der Waals surface area (Å²) < 4.78 is 14.3. The number of anilines is 1. The van der Waals surface area contributed by atoms with Crippen molar-refractivity contribution in [2.24, 2.45) is 53.1 Å². The molecule has 5 rings (SSSR count). The second-order valence-electron chi connectivity index (χ2n) is 27.0. The molecule has 23 heteroatoms. The molecule has 2 aromatic heterocycles. The third kappa shape index (κ3) is 22.8. The van der Waals surface area contributed by atoms with Crippen LogP contribution in [0.1, 0.15) is 144 Å². The monoisotopic (exact) mass is 1340 g/mol. The SMILES string of the molecule is CC[C@H](C)[C@@H]([C@@H](CC(=O)N1CCC[C@H]1[C@H](OC)[C@@H](C)C(=O)C[C@@H](Cc1ccccc1)C(=O)NCc1ccc(NC(=O)[C@H](CCCNC(N)=O)CC(=O)[C@@H](NC(=O)CCCn2ccc3c(SC)ncnc32)C(C)C)cc1)OC)N(C)C(=O)[C@@H](CC(=O)[C@H](C(C)C)N(C)C)C(C)C. The molecule has 22 nitrogen and oxygen atoms in total. The molecule has 0 unspecified atom stereocenters. The number of nitrogens with one attached hydrogen (secondary N) is 4. The Kier molecular flexibility index (Phi) is 31.9. The van der Waals surface area contributed by atoms with Gasteiger partial charge in [0.25, 0.3) is 0 Å². The first kappa shape index (κ1) is 78.6. The highest BCUT2D eigenvalue weighted by molar-refractivity contribution is 7.98. The lowest BCUT2D eigenvalue weighted by atomic mass is 9.83. The van der Waals surface area contributed by atoms with Gasteiger partial charge in [-0.3, -0.25) is 43.3 Å². The van der Waals surface area contributed by atoms with Gasteiger partial charge in [-0.1, -0.05) is 111 Å². The number of primary amides is 1. The molecule has 95 heavy (non-hydrogen) atoms. The number of aryl methyl sites for hydroxylation is 1. The Bertz CT molecular complexity index is 3150. The van der Waals surface area contributed by atoms with Gasteiger partial charge in [-0.25, -0.2) is 14.8 Å². The van der Waals surface area contributed by atoms with Gasteiger partial charge in [-0.05, 0) is 112 Å². The summed E-state index contributed by atoms with van der Waals surface area (Å²) in [5, 5.41) is 13.3. The Morgan fingerprint density at radius 1 is 0.747 bits per heavy atom. The van der Waals surface area contributed by atoms with Gasteiger partial charge in [0.15, 0.2) is 11.6 Å². The van der Waals surface area contributed by atoms with Crippen LogP contribution in [0.2, 0.25) is 0 Å². The number of carbonyl (C=O) groups is 9. The van der Waals surface area contributed by atoms with Gasteiger partial charge in [-0.15, -0.1) is 11.8 Å². The average molecular weight is 1340 g/mol. The predicted octanol–water partition coefficient (Wildman–Crippen LogP) is 8.91. The van der Waals surface area contributed by atoms with Crippen molar-refractivity contribution in [3.05, 3.63) is 84.3 Å². The summed E-state index contributed by atoms with van der Waals surface area (Å²) in [5.41, 5.74) is 8.14. The van der Waals surface area contributed by atoms with Crippen molar-refractivity contribution in [1.29, 1.82) is 0 Å². The maximum absolute atomic E-state index is 14.7. The van der Waals surface area contributed by atoms with E-state index in [1.54, 1.807) is 62.3 Å². The molecule has 1 aliphatic heterocycles. The van der Waals surface area contributed by atoms with Gasteiger partial charge in [0.05, 0.1) is 48.2 Å². The number of rotatable bonds is 41. The minimum Gasteiger partial charge on any atom is -0.379 e. The molecule has 1 aliphatic rings. The Morgan fingerprint density at radius 3 is 2.03 bits per heavy atom. The Morgan fingerprint density at radius 2 is 1.43 bits per heavy atom. The number of Topliss-reactive ketones (excluding diaryl/α,β-unsaturated/α-hetero) is 3. The molecule has 0 bridgehead atoms. The molecule has 1 fully saturated rings. The van der Waals surface area contributed by atoms with Crippen LogP contribution in [0.5, 0.6) is 0 Å². The third-order valence-electron chi connectivity index (χ3n) is 18.9. The van der Waals surface area contributed by atoms with Crippen molar-refractivity contribution in [1.82, 2.24) is 45.2 Å². The van der Waals surface area contributed by atoms with E-state index >= 15 is 0 Å². The number of ketones is 3. The summed E-state index contributed by atoms with van der Waals surface area (Å²) in [4.78, 5) is 139. The summed E-state index contributed by atoms with van der Waals surface area (Å²) in [6.07, 6.45) is 7.40. The second kappa shape index (κ2) is 38.6. The number of hydrogen-bond acceptors (Lipinski definition) is 15. The van der Waals surface area contributed by atoms with Gasteiger partial charge in [-0.2, -0.15) is 0 Å². The van der Waals surface area contributed by atoms with E-state index in [0.717, 1.165) is 27.2 Å². The smallest absolute Gasteiger partial charge is 0.312 e. The van der Waals surface area contributed by atoms with E-state index in [-0.39, 0.29) is 129 Å². The molecule has 0 saturated carbocycles. The van der Waals surface area contributed by atoms with Crippen LogP contribution in [0.25, 0.3) is 11.0 Å². The molecule has 1 saturated heterocycles. The van der Waals surface area contributed by atoms with E-state index in [1.165, 1.54) is 18.1 Å². The summed E-state index contributed by atoms with van der Waals surface area (Å²) in [7, 11) is 8.63. The number of nitrogens with two attached hydrogens (primary N) is 1. The molecule has 0 spiro atoms. The number of aromatic nitrogens is 3. The standard InChI is InChI=1S/C72H109N11O11S/c1-16-47(8)65(81(12)71(91)55(44(2)3)40-59(86)64(46(6)7)80(10)11)60(93-13)41-62(88)83-35-21-26-56(83)66(94-14)48(9)57(84)39-52(37-49-23-18-17-19-24-49)68(89)75-42-50-28-30-53(31-29-50)78-69(90)51(25-20-33-74-72(73)92)38-58(85)63(45(4)5)79-61(87)27-22-34-82-36-32-54-67(82)76-43-77-70(54)95-15/h17-19,23-24,28-32,36,43-48,51-52,55-56,60,63-66H,16,20-22,25-27,33-35,37-42H2,1-15H3,(H,75,89)(H,78,90)(H,79,87)(H3,73,74,92)/t47-,48-,51+,52+,55-,56-,60+,63-,64-,65-,66+/m0/s1. The van der Waals surface area contributed by atoms with Crippen molar-refractivity contribution < 1.29 is 52.6 Å². The van der Waals surface area contributed by atoms with E-state index in [2.05, 4.69) is 31.2 Å². The van der Waals surface area contributed by atoms with Crippen LogP contribution in [0.3, 0.4) is 0 Å². The molecular formula is C72H109N11O11S. The van der Waals surface area contributed by atoms with Gasteiger partial charge in [0, 0.05) is 109 Å². The number of nitrogens with zero attached hydrogens (tertiary/aromatic N) is 6. The van der Waals surface area contributed by atoms with Crippen LogP contribution in [-0.4, -0.2) is 173 Å². The van der Waals surface area contributed by atoms with Crippen LogP contribution >= 0.6 is 11.8 Å². The lowest BCUT2D eigenvalue weighted by Gasteiger charge is -2.41. The van der Waals surface area contributed by atoms with Crippen molar-refractivity contribution in [3.8, 4) is 0 Å². The number of likely N-dealkylation sites (N-methyl/N-ethyl adjacent to an activating group) is 2. The molecule has 4 aromatic rings. The Balaban J connectivity index is 1.22. The summed E-state index contributed by atoms with van der Waals surface area (Å²) in [6, 6.07) is 15.6. The molecular weight excluding hydrogens is 1230 g/mol. The minimum absolute atomic E-state index is 0.0178. The van der Waals surface area contributed by atoms with Crippen LogP contribution in [-0.2, 0) is 67.3 Å². The zero-order valence-electron chi connectivity index (χ0n) is 59.0. The third-order valence-corrected chi connectivity index (χ3v) is 19.6. The highest BCUT2D eigenvalue weighted by Gasteiger charge is 2.44. The topological polar surface area (TPSA) is 287 Å². The van der Waals surface area contributed by atoms with Crippen LogP contribution in [0.4, 0.5) is 10.5 Å². The fraction of sp³-hybridized carbons (Fsp3) is 0.625. The largest absolute Gasteiger partial charge is 0.379 e. The van der Waals surface area contributed by atoms with E-state index < -0.39 is 65.9 Å². The molecule has 2 aromatic carbocycles. The van der Waals surface area contributed by atoms with Gasteiger partial charge in [0.2, 0.25) is 29.5 Å². The zero-order valence-corrected chi connectivity index (χ0v) is 59.8. The fourth-order valence-corrected chi connectivity index (χ4v) is 14.1. The van der Waals surface area contributed by atoms with E-state index in [0.29, 0.717) is 50.9 Å². The van der Waals surface area contributed by atoms with Crippen molar-refractivity contribution in [2.45, 2.75) is 194 Å². The zero-order chi connectivity index (χ0) is 70.2. The van der Waals surface area contributed by atoms with Gasteiger partial charge < -0.3 is 50.8 Å². The molecule has 11 atom stereocenters. The van der Waals surface area contributed by atoms with Crippen LogP contribution < -0.4 is 27.0 Å². The second-order valence-corrected chi connectivity index (χ2v) is 27.8. The minimum atomic E-state index is -0.846. The first-order valence-electron chi connectivity index (χ1n) is 33.9. The number of urea groups is 1. The van der Waals surface area contributed by atoms with Gasteiger partial charge in [0.1, 0.15) is 22.8 Å². The number of amides is 7. The van der Waals surface area contributed by atoms with E-state index in [1.807, 2.05) is 128 Å². The number of fused-ring (bicyclic) bond motifs is 1. The Labute approximate surface area is 567 Å². The molecule has 0 aliphatic carbocycles. The van der Waals surface area contributed by atoms with E-state index in [9.17, 15) is 43.2 Å². The van der Waals surface area contributed by atoms with Gasteiger partial charge >= 0.3 is 6.03 Å². The number of benzene rings is 2. The first-order valence-corrected chi connectivity index (χ1v) is 35.1. The number of ether oxygens (including phenoxy) is 2. The number of methoxy groups -OCH3 is 2. The quantitative estimate of drug-likeness (QED) is 0.0157. The molecule has 3 heterocycles. The normalized spacial score (nSPS) is 16.5. The van der Waals surface area contributed by atoms with Crippen molar-refractivity contribution in [3.63, 3.8) is 0 Å². The lowest BCUT2D eigenvalue weighted by Crippen LogP contribution is -2.54. The summed E-state index contributed by atoms with van der Waals surface area (Å²) in [5.74, 6) is -5.07. The maximum atomic E-state index is 14.7. The van der Waals surface area contributed by atoms with E-state index in [4.69, 9.17) is 15.2 Å². The highest BCUT2D eigenvalue weighted by atomic mass is 32.2. The first-order chi connectivity index (χ1) is 45.1. The summed E-state index contributed by atoms with van der Waals surface area (Å²) in [6.45, 7) is 18.8.